The molecule has 148 valence electrons. The van der Waals surface area contributed by atoms with Crippen molar-refractivity contribution in [2.24, 2.45) is 0 Å². The summed E-state index contributed by atoms with van der Waals surface area (Å²) in [4.78, 5) is 26.2. The summed E-state index contributed by atoms with van der Waals surface area (Å²) < 4.78 is 16.1. The molecule has 28 heavy (non-hydrogen) atoms. The van der Waals surface area contributed by atoms with E-state index in [1.165, 1.54) is 0 Å². The first-order chi connectivity index (χ1) is 13.6. The Bertz CT molecular complexity index is 881. The minimum Gasteiger partial charge on any atom is -0.493 e. The number of benzene rings is 2. The molecule has 0 atom stereocenters. The molecule has 1 heterocycles. The lowest BCUT2D eigenvalue weighted by Gasteiger charge is -2.17. The topological polar surface area (TPSA) is 77.1 Å². The minimum absolute atomic E-state index is 0.0383. The highest BCUT2D eigenvalue weighted by molar-refractivity contribution is 6.00. The number of nitrogens with zero attached hydrogens (tertiary/aromatic N) is 1. The smallest absolute Gasteiger partial charge is 0.254 e. The zero-order valence-corrected chi connectivity index (χ0v) is 16.3. The van der Waals surface area contributed by atoms with Crippen molar-refractivity contribution in [2.75, 3.05) is 34.4 Å². The lowest BCUT2D eigenvalue weighted by Crippen LogP contribution is -2.38. The Morgan fingerprint density at radius 3 is 2.46 bits per heavy atom. The van der Waals surface area contributed by atoms with Gasteiger partial charge in [0.15, 0.2) is 11.5 Å². The third kappa shape index (κ3) is 3.88. The molecule has 1 aliphatic heterocycles. The maximum absolute atomic E-state index is 12.3. The Hall–Kier alpha value is -3.22. The summed E-state index contributed by atoms with van der Waals surface area (Å²) >= 11 is 0. The van der Waals surface area contributed by atoms with E-state index >= 15 is 0 Å². The number of carbonyl (C=O) groups is 2. The van der Waals surface area contributed by atoms with Crippen LogP contribution in [0.4, 0.5) is 0 Å². The highest BCUT2D eigenvalue weighted by atomic mass is 16.5. The fourth-order valence-electron chi connectivity index (χ4n) is 3.37. The second-order valence-corrected chi connectivity index (χ2v) is 6.41. The van der Waals surface area contributed by atoms with E-state index in [9.17, 15) is 9.59 Å². The van der Waals surface area contributed by atoms with Crippen LogP contribution in [0, 0.1) is 0 Å². The summed E-state index contributed by atoms with van der Waals surface area (Å²) in [6.07, 6.45) is 0.559. The Balaban J connectivity index is 1.56. The van der Waals surface area contributed by atoms with Gasteiger partial charge >= 0.3 is 0 Å². The maximum Gasteiger partial charge on any atom is 0.254 e. The summed E-state index contributed by atoms with van der Waals surface area (Å²) in [5.74, 6) is 1.39. The Morgan fingerprint density at radius 2 is 1.79 bits per heavy atom. The van der Waals surface area contributed by atoms with Crippen LogP contribution in [0.1, 0.15) is 21.5 Å². The van der Waals surface area contributed by atoms with Crippen molar-refractivity contribution >= 4 is 11.8 Å². The van der Waals surface area contributed by atoms with Crippen LogP contribution in [-0.4, -0.2) is 51.1 Å². The first kappa shape index (κ1) is 19.5. The van der Waals surface area contributed by atoms with Gasteiger partial charge in [-0.05, 0) is 24.1 Å². The predicted octanol–water partition coefficient (Wildman–Crippen LogP) is 2.03. The van der Waals surface area contributed by atoms with Gasteiger partial charge in [0.1, 0.15) is 6.54 Å². The molecule has 0 aromatic heterocycles. The molecule has 2 aromatic rings. The molecule has 2 amide bonds. The summed E-state index contributed by atoms with van der Waals surface area (Å²) in [6, 6.07) is 11.1. The summed E-state index contributed by atoms with van der Waals surface area (Å²) in [5.41, 5.74) is 2.52. The quantitative estimate of drug-likeness (QED) is 0.754. The van der Waals surface area contributed by atoms with E-state index in [1.54, 1.807) is 38.4 Å². The molecule has 3 rings (SSSR count). The molecule has 0 unspecified atom stereocenters. The van der Waals surface area contributed by atoms with Gasteiger partial charge in [-0.2, -0.15) is 0 Å². The van der Waals surface area contributed by atoms with Crippen molar-refractivity contribution in [3.05, 3.63) is 53.1 Å². The van der Waals surface area contributed by atoms with Crippen LogP contribution in [-0.2, 0) is 17.8 Å². The fraction of sp³-hybridized carbons (Fsp3) is 0.333. The molecular weight excluding hydrogens is 360 g/mol. The summed E-state index contributed by atoms with van der Waals surface area (Å²) in [6.45, 7) is 0.919. The van der Waals surface area contributed by atoms with E-state index in [-0.39, 0.29) is 18.4 Å². The number of nitrogens with one attached hydrogen (secondary N) is 1. The van der Waals surface area contributed by atoms with Gasteiger partial charge < -0.3 is 24.4 Å². The number of methoxy groups -OCH3 is 3. The third-order valence-corrected chi connectivity index (χ3v) is 4.73. The van der Waals surface area contributed by atoms with Gasteiger partial charge in [0.2, 0.25) is 11.7 Å². The number of amides is 2. The van der Waals surface area contributed by atoms with Crippen LogP contribution in [0.15, 0.2) is 36.4 Å². The second-order valence-electron chi connectivity index (χ2n) is 6.41. The number of hydrogen-bond acceptors (Lipinski definition) is 5. The molecule has 0 spiro atoms. The molecule has 0 bridgehead atoms. The van der Waals surface area contributed by atoms with E-state index in [0.717, 1.165) is 11.1 Å². The van der Waals surface area contributed by atoms with E-state index in [0.29, 0.717) is 42.3 Å². The molecule has 0 saturated heterocycles. The van der Waals surface area contributed by atoms with E-state index in [1.807, 2.05) is 24.3 Å². The normalized spacial score (nSPS) is 12.5. The minimum atomic E-state index is -0.194. The van der Waals surface area contributed by atoms with Gasteiger partial charge in [-0.25, -0.2) is 0 Å². The fourth-order valence-corrected chi connectivity index (χ4v) is 3.37. The number of hydrogen-bond donors (Lipinski definition) is 1. The van der Waals surface area contributed by atoms with Crippen LogP contribution >= 0.6 is 0 Å². The van der Waals surface area contributed by atoms with Crippen LogP contribution in [0.3, 0.4) is 0 Å². The van der Waals surface area contributed by atoms with Gasteiger partial charge in [-0.15, -0.1) is 0 Å². The lowest BCUT2D eigenvalue weighted by atomic mass is 10.1. The Labute approximate surface area is 164 Å². The van der Waals surface area contributed by atoms with Gasteiger partial charge in [-0.1, -0.05) is 24.3 Å². The van der Waals surface area contributed by atoms with Crippen molar-refractivity contribution in [1.82, 2.24) is 10.2 Å². The molecule has 0 saturated carbocycles. The average Bonchev–Trinajstić information content (AvgIpc) is 3.02. The highest BCUT2D eigenvalue weighted by Gasteiger charge is 2.28. The molecule has 7 nitrogen and oxygen atoms in total. The molecule has 0 fully saturated rings. The van der Waals surface area contributed by atoms with Crippen molar-refractivity contribution < 1.29 is 23.8 Å². The largest absolute Gasteiger partial charge is 0.493 e. The number of carbonyl (C=O) groups excluding carboxylic acids is 2. The lowest BCUT2D eigenvalue weighted by molar-refractivity contribution is -0.121. The van der Waals surface area contributed by atoms with Crippen molar-refractivity contribution in [3.8, 4) is 17.2 Å². The SMILES string of the molecule is COc1ccc(CCNC(=O)CN2Cc3ccccc3C2=O)c(OC)c1OC. The molecule has 1 N–H and O–H groups in total. The number of fused-ring (bicyclic) bond motifs is 1. The monoisotopic (exact) mass is 384 g/mol. The summed E-state index contributed by atoms with van der Waals surface area (Å²) in [5, 5.41) is 2.86. The maximum atomic E-state index is 12.3. The standard InChI is InChI=1S/C21H24N2O5/c1-26-17-9-8-14(19(27-2)20(17)28-3)10-11-22-18(24)13-23-12-15-6-4-5-7-16(15)21(23)25/h4-9H,10-13H2,1-3H3,(H,22,24). The van der Waals surface area contributed by atoms with E-state index in [4.69, 9.17) is 14.2 Å². The van der Waals surface area contributed by atoms with Crippen LogP contribution < -0.4 is 19.5 Å². The molecular formula is C21H24N2O5. The van der Waals surface area contributed by atoms with Crippen LogP contribution in [0.25, 0.3) is 0 Å². The zero-order valence-electron chi connectivity index (χ0n) is 16.3. The average molecular weight is 384 g/mol. The van der Waals surface area contributed by atoms with Crippen molar-refractivity contribution in [2.45, 2.75) is 13.0 Å². The Kier molecular flexibility index (Phi) is 6.03. The zero-order chi connectivity index (χ0) is 20.1. The highest BCUT2D eigenvalue weighted by Crippen LogP contribution is 2.39. The third-order valence-electron chi connectivity index (χ3n) is 4.73. The molecule has 1 aliphatic rings. The van der Waals surface area contributed by atoms with E-state index in [2.05, 4.69) is 5.32 Å². The van der Waals surface area contributed by atoms with Gasteiger partial charge in [0.25, 0.3) is 5.91 Å². The van der Waals surface area contributed by atoms with Crippen molar-refractivity contribution in [1.29, 1.82) is 0 Å². The number of rotatable bonds is 8. The summed E-state index contributed by atoms with van der Waals surface area (Å²) in [7, 11) is 4.68. The number of ether oxygens (including phenoxy) is 3. The predicted molar refractivity (Wildman–Crippen MR) is 104 cm³/mol. The van der Waals surface area contributed by atoms with Gasteiger partial charge in [-0.3, -0.25) is 9.59 Å². The molecule has 2 aromatic carbocycles. The van der Waals surface area contributed by atoms with Gasteiger partial charge in [0, 0.05) is 24.2 Å². The molecule has 0 radical (unpaired) electrons. The second kappa shape index (κ2) is 8.65. The Morgan fingerprint density at radius 1 is 1.04 bits per heavy atom. The van der Waals surface area contributed by atoms with Crippen LogP contribution in [0.5, 0.6) is 17.2 Å². The molecule has 0 aliphatic carbocycles. The first-order valence-corrected chi connectivity index (χ1v) is 9.00. The van der Waals surface area contributed by atoms with E-state index < -0.39 is 0 Å². The van der Waals surface area contributed by atoms with Crippen LogP contribution in [0.2, 0.25) is 0 Å². The first-order valence-electron chi connectivity index (χ1n) is 9.00. The van der Waals surface area contributed by atoms with Gasteiger partial charge in [0.05, 0.1) is 21.3 Å². The van der Waals surface area contributed by atoms with Crippen molar-refractivity contribution in [3.63, 3.8) is 0 Å². The molecule has 7 heteroatoms.